The van der Waals surface area contributed by atoms with E-state index in [1.165, 1.54) is 5.56 Å². The topological polar surface area (TPSA) is 59.4 Å². The number of carbonyl (C=O) groups is 1. The fourth-order valence-corrected chi connectivity index (χ4v) is 3.87. The SMILES string of the molecule is CN1CCN(C(=O)CN[C@H]2CC2c2ccc(-c3cccc(C#N)c3)cc2)CC1.Cl.Cl. The van der Waals surface area contributed by atoms with E-state index < -0.39 is 0 Å². The molecule has 1 unspecified atom stereocenters. The van der Waals surface area contributed by atoms with Gasteiger partial charge in [-0.15, -0.1) is 24.8 Å². The molecule has 2 fully saturated rings. The van der Waals surface area contributed by atoms with E-state index >= 15 is 0 Å². The summed E-state index contributed by atoms with van der Waals surface area (Å²) in [4.78, 5) is 16.6. The van der Waals surface area contributed by atoms with Crippen molar-refractivity contribution < 1.29 is 4.79 Å². The van der Waals surface area contributed by atoms with E-state index in [0.717, 1.165) is 43.7 Å². The molecule has 1 amide bonds. The quantitative estimate of drug-likeness (QED) is 0.765. The van der Waals surface area contributed by atoms with Gasteiger partial charge in [-0.1, -0.05) is 36.4 Å². The van der Waals surface area contributed by atoms with Gasteiger partial charge in [-0.2, -0.15) is 5.26 Å². The third-order valence-corrected chi connectivity index (χ3v) is 5.83. The van der Waals surface area contributed by atoms with Crippen molar-refractivity contribution in [1.82, 2.24) is 15.1 Å². The Morgan fingerprint density at radius 3 is 2.43 bits per heavy atom. The molecule has 7 heteroatoms. The molecule has 1 N–H and O–H groups in total. The van der Waals surface area contributed by atoms with Crippen LogP contribution >= 0.6 is 24.8 Å². The molecule has 160 valence electrons. The lowest BCUT2D eigenvalue weighted by molar-refractivity contribution is -0.131. The number of carbonyl (C=O) groups excluding carboxylic acids is 1. The number of amides is 1. The Morgan fingerprint density at radius 2 is 1.77 bits per heavy atom. The first-order valence-corrected chi connectivity index (χ1v) is 9.94. The predicted molar refractivity (Wildman–Crippen MR) is 124 cm³/mol. The molecule has 4 rings (SSSR count). The highest BCUT2D eigenvalue weighted by Gasteiger charge is 2.38. The van der Waals surface area contributed by atoms with Crippen LogP contribution < -0.4 is 5.32 Å². The Morgan fingerprint density at radius 1 is 1.07 bits per heavy atom. The van der Waals surface area contributed by atoms with Crippen LogP contribution in [-0.2, 0) is 4.79 Å². The third-order valence-electron chi connectivity index (χ3n) is 5.83. The van der Waals surface area contributed by atoms with Gasteiger partial charge >= 0.3 is 0 Å². The molecule has 1 saturated heterocycles. The van der Waals surface area contributed by atoms with Crippen LogP contribution in [0.5, 0.6) is 0 Å². The van der Waals surface area contributed by atoms with E-state index in [2.05, 4.69) is 47.6 Å². The largest absolute Gasteiger partial charge is 0.339 e. The summed E-state index contributed by atoms with van der Waals surface area (Å²) < 4.78 is 0. The molecule has 0 radical (unpaired) electrons. The minimum atomic E-state index is 0. The number of rotatable bonds is 5. The summed E-state index contributed by atoms with van der Waals surface area (Å²) in [5.74, 6) is 0.700. The van der Waals surface area contributed by atoms with Crippen molar-refractivity contribution in [2.45, 2.75) is 18.4 Å². The van der Waals surface area contributed by atoms with Crippen molar-refractivity contribution in [1.29, 1.82) is 5.26 Å². The smallest absolute Gasteiger partial charge is 0.236 e. The lowest BCUT2D eigenvalue weighted by Crippen LogP contribution is -2.49. The second kappa shape index (κ2) is 10.8. The molecule has 1 aliphatic heterocycles. The number of hydrogen-bond acceptors (Lipinski definition) is 4. The molecule has 30 heavy (non-hydrogen) atoms. The Kier molecular flexibility index (Phi) is 8.69. The van der Waals surface area contributed by atoms with E-state index in [0.29, 0.717) is 24.1 Å². The highest BCUT2D eigenvalue weighted by atomic mass is 35.5. The Hall–Kier alpha value is -2.10. The monoisotopic (exact) mass is 446 g/mol. The summed E-state index contributed by atoms with van der Waals surface area (Å²) in [5, 5.41) is 12.5. The van der Waals surface area contributed by atoms with Crippen LogP contribution in [0.2, 0.25) is 0 Å². The Labute approximate surface area is 190 Å². The molecule has 1 heterocycles. The molecule has 0 aromatic heterocycles. The summed E-state index contributed by atoms with van der Waals surface area (Å²) >= 11 is 0. The lowest BCUT2D eigenvalue weighted by atomic mass is 10.0. The van der Waals surface area contributed by atoms with Gasteiger partial charge < -0.3 is 15.1 Å². The van der Waals surface area contributed by atoms with Gasteiger partial charge in [0.2, 0.25) is 5.91 Å². The van der Waals surface area contributed by atoms with Crippen molar-refractivity contribution >= 4 is 30.7 Å². The van der Waals surface area contributed by atoms with Crippen LogP contribution in [0.3, 0.4) is 0 Å². The van der Waals surface area contributed by atoms with Crippen molar-refractivity contribution in [3.63, 3.8) is 0 Å². The number of nitrogens with one attached hydrogen (secondary N) is 1. The van der Waals surface area contributed by atoms with Gasteiger partial charge in [0.25, 0.3) is 0 Å². The van der Waals surface area contributed by atoms with Gasteiger partial charge in [0.1, 0.15) is 0 Å². The number of likely N-dealkylation sites (N-methyl/N-ethyl adjacent to an activating group) is 1. The molecule has 5 nitrogen and oxygen atoms in total. The molecule has 0 spiro atoms. The third kappa shape index (κ3) is 5.74. The summed E-state index contributed by atoms with van der Waals surface area (Å²) in [7, 11) is 2.10. The number of nitrogens with zero attached hydrogens (tertiary/aromatic N) is 3. The zero-order chi connectivity index (χ0) is 19.5. The number of hydrogen-bond donors (Lipinski definition) is 1. The summed E-state index contributed by atoms with van der Waals surface area (Å²) in [6.07, 6.45) is 1.08. The van der Waals surface area contributed by atoms with Crippen LogP contribution in [0, 0.1) is 11.3 Å². The van der Waals surface area contributed by atoms with E-state index in [4.69, 9.17) is 5.26 Å². The van der Waals surface area contributed by atoms with Crippen molar-refractivity contribution in [3.05, 3.63) is 59.7 Å². The molecule has 2 aromatic rings. The molecular formula is C23H28Cl2N4O. The van der Waals surface area contributed by atoms with Crippen LogP contribution in [0.4, 0.5) is 0 Å². The maximum absolute atomic E-state index is 12.4. The fourth-order valence-electron chi connectivity index (χ4n) is 3.87. The van der Waals surface area contributed by atoms with Gasteiger partial charge in [-0.05, 0) is 42.3 Å². The van der Waals surface area contributed by atoms with Crippen LogP contribution in [-0.4, -0.2) is 61.5 Å². The first-order chi connectivity index (χ1) is 13.6. The van der Waals surface area contributed by atoms with Gasteiger partial charge in [-0.25, -0.2) is 0 Å². The van der Waals surface area contributed by atoms with Crippen LogP contribution in [0.1, 0.15) is 23.5 Å². The van der Waals surface area contributed by atoms with E-state index in [1.807, 2.05) is 29.2 Å². The molecular weight excluding hydrogens is 419 g/mol. The van der Waals surface area contributed by atoms with Gasteiger partial charge in [0.05, 0.1) is 18.2 Å². The lowest BCUT2D eigenvalue weighted by Gasteiger charge is -2.32. The summed E-state index contributed by atoms with van der Waals surface area (Å²) in [6.45, 7) is 4.02. The molecule has 1 aliphatic carbocycles. The van der Waals surface area contributed by atoms with E-state index in [-0.39, 0.29) is 30.7 Å². The number of nitriles is 1. The molecule has 2 aliphatic rings. The zero-order valence-electron chi connectivity index (χ0n) is 17.1. The average Bonchev–Trinajstić information content (AvgIpc) is 3.52. The maximum Gasteiger partial charge on any atom is 0.236 e. The molecule has 0 bridgehead atoms. The summed E-state index contributed by atoms with van der Waals surface area (Å²) in [5.41, 5.74) is 4.17. The Bertz CT molecular complexity index is 889. The fraction of sp³-hybridized carbons (Fsp3) is 0.391. The second-order valence-electron chi connectivity index (χ2n) is 7.83. The first-order valence-electron chi connectivity index (χ1n) is 9.94. The molecule has 2 atom stereocenters. The molecule has 2 aromatic carbocycles. The highest BCUT2D eigenvalue weighted by Crippen LogP contribution is 2.41. The van der Waals surface area contributed by atoms with Crippen LogP contribution in [0.15, 0.2) is 48.5 Å². The molecule has 1 saturated carbocycles. The maximum atomic E-state index is 12.4. The minimum absolute atomic E-state index is 0. The number of halogens is 2. The standard InChI is InChI=1S/C23H26N4O.2ClH/c1-26-9-11-27(12-10-26)23(28)16-25-22-14-21(22)19-7-5-18(6-8-19)20-4-2-3-17(13-20)15-24;;/h2-8,13,21-22,25H,9-12,14,16H2,1H3;2*1H/t21?,22-;;/m0../s1. The highest BCUT2D eigenvalue weighted by molar-refractivity contribution is 5.85. The van der Waals surface area contributed by atoms with Gasteiger partial charge in [0.15, 0.2) is 0 Å². The Balaban J connectivity index is 0.00000160. The van der Waals surface area contributed by atoms with Crippen molar-refractivity contribution in [3.8, 4) is 17.2 Å². The number of piperazine rings is 1. The first kappa shape index (κ1) is 24.2. The second-order valence-corrected chi connectivity index (χ2v) is 7.83. The van der Waals surface area contributed by atoms with Crippen molar-refractivity contribution in [2.24, 2.45) is 0 Å². The zero-order valence-corrected chi connectivity index (χ0v) is 18.7. The van der Waals surface area contributed by atoms with Crippen molar-refractivity contribution in [2.75, 3.05) is 39.8 Å². The minimum Gasteiger partial charge on any atom is -0.339 e. The van der Waals surface area contributed by atoms with Crippen LogP contribution in [0.25, 0.3) is 11.1 Å². The van der Waals surface area contributed by atoms with E-state index in [1.54, 1.807) is 0 Å². The normalized spacial score (nSPS) is 20.5. The number of benzene rings is 2. The van der Waals surface area contributed by atoms with E-state index in [9.17, 15) is 4.79 Å². The predicted octanol–water partition coefficient (Wildman–Crippen LogP) is 3.29. The average molecular weight is 447 g/mol. The summed E-state index contributed by atoms with van der Waals surface area (Å²) in [6, 6.07) is 18.8. The van der Waals surface area contributed by atoms with Gasteiger partial charge in [0, 0.05) is 38.1 Å². The van der Waals surface area contributed by atoms with Gasteiger partial charge in [-0.3, -0.25) is 4.79 Å².